The van der Waals surface area contributed by atoms with E-state index < -0.39 is 0 Å². The Hall–Kier alpha value is -2.22. The van der Waals surface area contributed by atoms with E-state index in [9.17, 15) is 4.79 Å². The molecule has 0 bridgehead atoms. The van der Waals surface area contributed by atoms with Gasteiger partial charge >= 0.3 is 0 Å². The van der Waals surface area contributed by atoms with Crippen molar-refractivity contribution >= 4 is 51.2 Å². The number of rotatable bonds is 4. The standard InChI is InChI=1S/C17H13ClN4OS2/c1-22(8-15-19-10-4-2-3-5-11(10)20-15)17(23)12-9-24-16(21-12)13-6-7-14(18)25-13/h2-7,9H,8H2,1H3,(H,19,20). The third kappa shape index (κ3) is 3.30. The number of fused-ring (bicyclic) bond motifs is 1. The molecule has 0 saturated heterocycles. The smallest absolute Gasteiger partial charge is 0.273 e. The first-order valence-electron chi connectivity index (χ1n) is 7.50. The summed E-state index contributed by atoms with van der Waals surface area (Å²) < 4.78 is 0.708. The van der Waals surface area contributed by atoms with Gasteiger partial charge in [0.2, 0.25) is 0 Å². The summed E-state index contributed by atoms with van der Waals surface area (Å²) in [5.74, 6) is 0.614. The molecular weight excluding hydrogens is 376 g/mol. The molecule has 0 unspecified atom stereocenters. The van der Waals surface area contributed by atoms with Crippen molar-refractivity contribution in [2.45, 2.75) is 6.54 Å². The Kier molecular flexibility index (Phi) is 4.29. The largest absolute Gasteiger partial charge is 0.340 e. The summed E-state index contributed by atoms with van der Waals surface area (Å²) in [6.45, 7) is 0.394. The molecule has 4 aromatic rings. The summed E-state index contributed by atoms with van der Waals surface area (Å²) in [6.07, 6.45) is 0. The van der Waals surface area contributed by atoms with E-state index in [1.54, 1.807) is 17.3 Å². The minimum Gasteiger partial charge on any atom is -0.340 e. The van der Waals surface area contributed by atoms with E-state index in [1.165, 1.54) is 22.7 Å². The first-order valence-corrected chi connectivity index (χ1v) is 9.58. The van der Waals surface area contributed by atoms with Crippen LogP contribution in [0.4, 0.5) is 0 Å². The van der Waals surface area contributed by atoms with Gasteiger partial charge in [-0.2, -0.15) is 0 Å². The van der Waals surface area contributed by atoms with E-state index in [0.29, 0.717) is 16.6 Å². The lowest BCUT2D eigenvalue weighted by atomic mass is 10.3. The zero-order chi connectivity index (χ0) is 17.4. The van der Waals surface area contributed by atoms with Crippen LogP contribution in [-0.4, -0.2) is 32.8 Å². The Balaban J connectivity index is 1.51. The van der Waals surface area contributed by atoms with Crippen molar-refractivity contribution in [3.63, 3.8) is 0 Å². The summed E-state index contributed by atoms with van der Waals surface area (Å²) in [7, 11) is 1.75. The Labute approximate surface area is 156 Å². The Morgan fingerprint density at radius 1 is 1.24 bits per heavy atom. The molecule has 0 aliphatic heterocycles. The molecule has 0 atom stereocenters. The van der Waals surface area contributed by atoms with Gasteiger partial charge in [0, 0.05) is 12.4 Å². The van der Waals surface area contributed by atoms with Crippen LogP contribution in [0.1, 0.15) is 16.3 Å². The van der Waals surface area contributed by atoms with Gasteiger partial charge in [-0.1, -0.05) is 23.7 Å². The molecule has 0 aliphatic rings. The Morgan fingerprint density at radius 2 is 2.08 bits per heavy atom. The van der Waals surface area contributed by atoms with Gasteiger partial charge in [0.15, 0.2) is 0 Å². The van der Waals surface area contributed by atoms with Crippen LogP contribution in [0.25, 0.3) is 20.9 Å². The Morgan fingerprint density at radius 3 is 2.84 bits per heavy atom. The van der Waals surface area contributed by atoms with E-state index >= 15 is 0 Å². The zero-order valence-corrected chi connectivity index (χ0v) is 15.6. The highest BCUT2D eigenvalue weighted by atomic mass is 35.5. The molecular formula is C17H13ClN4OS2. The van der Waals surface area contributed by atoms with Crippen molar-refractivity contribution in [1.82, 2.24) is 19.9 Å². The highest BCUT2D eigenvalue weighted by molar-refractivity contribution is 7.23. The Bertz CT molecular complexity index is 1020. The number of thiophene rings is 1. The van der Waals surface area contributed by atoms with Crippen LogP contribution in [-0.2, 0) is 6.54 Å². The lowest BCUT2D eigenvalue weighted by Crippen LogP contribution is -2.27. The maximum atomic E-state index is 12.6. The van der Waals surface area contributed by atoms with E-state index in [2.05, 4.69) is 15.0 Å². The average Bonchev–Trinajstić information content (AvgIpc) is 3.32. The summed E-state index contributed by atoms with van der Waals surface area (Å²) in [4.78, 5) is 27.4. The fourth-order valence-corrected chi connectivity index (χ4v) is 4.40. The molecule has 126 valence electrons. The predicted octanol–water partition coefficient (Wildman–Crippen LogP) is 4.67. The lowest BCUT2D eigenvalue weighted by Gasteiger charge is -2.13. The average molecular weight is 389 g/mol. The molecule has 0 fully saturated rings. The highest BCUT2D eigenvalue weighted by Crippen LogP contribution is 2.33. The normalized spacial score (nSPS) is 11.1. The molecule has 5 nitrogen and oxygen atoms in total. The minimum atomic E-state index is -0.134. The topological polar surface area (TPSA) is 61.9 Å². The van der Waals surface area contributed by atoms with Gasteiger partial charge in [0.1, 0.15) is 16.5 Å². The van der Waals surface area contributed by atoms with E-state index in [0.717, 1.165) is 26.7 Å². The highest BCUT2D eigenvalue weighted by Gasteiger charge is 2.18. The molecule has 3 aromatic heterocycles. The van der Waals surface area contributed by atoms with Crippen LogP contribution >= 0.6 is 34.3 Å². The van der Waals surface area contributed by atoms with Gasteiger partial charge in [-0.05, 0) is 24.3 Å². The second kappa shape index (κ2) is 6.59. The van der Waals surface area contributed by atoms with Crippen LogP contribution in [0.3, 0.4) is 0 Å². The van der Waals surface area contributed by atoms with Crippen molar-refractivity contribution in [3.8, 4) is 9.88 Å². The SMILES string of the molecule is CN(Cc1nc2ccccc2[nH]1)C(=O)c1csc(-c2ccc(Cl)s2)n1. The monoisotopic (exact) mass is 388 g/mol. The van der Waals surface area contributed by atoms with E-state index in [1.807, 2.05) is 36.4 Å². The number of carbonyl (C=O) groups excluding carboxylic acids is 1. The number of hydrogen-bond donors (Lipinski definition) is 1. The third-order valence-electron chi connectivity index (χ3n) is 3.68. The molecule has 25 heavy (non-hydrogen) atoms. The first kappa shape index (κ1) is 16.3. The fraction of sp³-hybridized carbons (Fsp3) is 0.118. The maximum absolute atomic E-state index is 12.6. The van der Waals surface area contributed by atoms with Gasteiger partial charge in [-0.3, -0.25) is 4.79 Å². The van der Waals surface area contributed by atoms with Crippen molar-refractivity contribution in [1.29, 1.82) is 0 Å². The number of aromatic amines is 1. The molecule has 0 saturated carbocycles. The number of H-pyrrole nitrogens is 1. The van der Waals surface area contributed by atoms with Crippen molar-refractivity contribution in [3.05, 3.63) is 57.6 Å². The van der Waals surface area contributed by atoms with Gasteiger partial charge in [-0.25, -0.2) is 9.97 Å². The van der Waals surface area contributed by atoms with Crippen LogP contribution < -0.4 is 0 Å². The number of thiazole rings is 1. The summed E-state index contributed by atoms with van der Waals surface area (Å²) in [6, 6.07) is 11.5. The number of hydrogen-bond acceptors (Lipinski definition) is 5. The predicted molar refractivity (Wildman–Crippen MR) is 102 cm³/mol. The second-order valence-electron chi connectivity index (χ2n) is 5.50. The van der Waals surface area contributed by atoms with Gasteiger partial charge in [0.05, 0.1) is 26.8 Å². The summed E-state index contributed by atoms with van der Waals surface area (Å²) in [5.41, 5.74) is 2.29. The number of halogens is 1. The molecule has 0 spiro atoms. The number of benzene rings is 1. The number of nitrogens with zero attached hydrogens (tertiary/aromatic N) is 3. The number of imidazole rings is 1. The number of para-hydroxylation sites is 2. The number of aromatic nitrogens is 3. The third-order valence-corrected chi connectivity index (χ3v) is 5.92. The molecule has 8 heteroatoms. The number of amides is 1. The molecule has 1 aromatic carbocycles. The minimum absolute atomic E-state index is 0.134. The van der Waals surface area contributed by atoms with Crippen LogP contribution in [0.15, 0.2) is 41.8 Å². The summed E-state index contributed by atoms with van der Waals surface area (Å²) >= 11 is 8.86. The van der Waals surface area contributed by atoms with Crippen LogP contribution in [0.5, 0.6) is 0 Å². The molecule has 0 aliphatic carbocycles. The molecule has 3 heterocycles. The van der Waals surface area contributed by atoms with E-state index in [-0.39, 0.29) is 5.91 Å². The number of nitrogens with one attached hydrogen (secondary N) is 1. The fourth-order valence-electron chi connectivity index (χ4n) is 2.49. The van der Waals surface area contributed by atoms with Crippen molar-refractivity contribution < 1.29 is 4.79 Å². The number of carbonyl (C=O) groups is 1. The zero-order valence-electron chi connectivity index (χ0n) is 13.2. The van der Waals surface area contributed by atoms with E-state index in [4.69, 9.17) is 11.6 Å². The quantitative estimate of drug-likeness (QED) is 0.552. The van der Waals surface area contributed by atoms with Gasteiger partial charge in [-0.15, -0.1) is 22.7 Å². The van der Waals surface area contributed by atoms with Crippen LogP contribution in [0, 0.1) is 0 Å². The molecule has 1 amide bonds. The lowest BCUT2D eigenvalue weighted by molar-refractivity contribution is 0.0777. The molecule has 4 rings (SSSR count). The second-order valence-corrected chi connectivity index (χ2v) is 8.08. The van der Waals surface area contributed by atoms with Gasteiger partial charge in [0.25, 0.3) is 5.91 Å². The molecule has 0 radical (unpaired) electrons. The first-order chi connectivity index (χ1) is 12.1. The van der Waals surface area contributed by atoms with Crippen LogP contribution in [0.2, 0.25) is 4.34 Å². The summed E-state index contributed by atoms with van der Waals surface area (Å²) in [5, 5.41) is 2.58. The van der Waals surface area contributed by atoms with Gasteiger partial charge < -0.3 is 9.88 Å². The van der Waals surface area contributed by atoms with Crippen molar-refractivity contribution in [2.75, 3.05) is 7.05 Å². The maximum Gasteiger partial charge on any atom is 0.273 e. The van der Waals surface area contributed by atoms with Crippen molar-refractivity contribution in [2.24, 2.45) is 0 Å². The molecule has 1 N–H and O–H groups in total.